The summed E-state index contributed by atoms with van der Waals surface area (Å²) in [4.78, 5) is 12.0. The second-order valence-electron chi connectivity index (χ2n) is 6.60. The Bertz CT molecular complexity index is 964. The van der Waals surface area contributed by atoms with Crippen LogP contribution >= 0.6 is 23.2 Å². The highest BCUT2D eigenvalue weighted by molar-refractivity contribution is 6.56. The summed E-state index contributed by atoms with van der Waals surface area (Å²) in [5, 5.41) is 3.85. The van der Waals surface area contributed by atoms with Gasteiger partial charge in [-0.2, -0.15) is 5.10 Å². The highest BCUT2D eigenvalue weighted by Gasteiger charge is 2.45. The molecule has 1 heterocycles. The Hall–Kier alpha value is -1.92. The number of carbonyl (C=O) groups is 1. The van der Waals surface area contributed by atoms with Crippen molar-refractivity contribution in [1.82, 2.24) is 9.78 Å². The van der Waals surface area contributed by atoms with Gasteiger partial charge in [-0.25, -0.2) is 8.78 Å². The maximum absolute atomic E-state index is 13.4. The highest BCUT2D eigenvalue weighted by Crippen LogP contribution is 2.60. The Morgan fingerprint density at radius 1 is 1.31 bits per heavy atom. The van der Waals surface area contributed by atoms with Crippen molar-refractivity contribution in [1.29, 1.82) is 0 Å². The minimum atomic E-state index is -2.89. The molecule has 0 aliphatic heterocycles. The van der Waals surface area contributed by atoms with Crippen molar-refractivity contribution in [2.24, 2.45) is 12.8 Å². The Kier molecular flexibility index (Phi) is 4.08. The number of benzene rings is 1. The molecule has 1 fully saturated rings. The lowest BCUT2D eigenvalue weighted by Crippen LogP contribution is -2.15. The molecule has 0 radical (unpaired) electrons. The molecule has 2 aromatic rings. The summed E-state index contributed by atoms with van der Waals surface area (Å²) < 4.78 is 28.3. The van der Waals surface area contributed by atoms with E-state index in [0.29, 0.717) is 11.3 Å². The average molecular weight is 398 g/mol. The smallest absolute Gasteiger partial charge is 0.282 e. The third-order valence-electron chi connectivity index (χ3n) is 5.36. The molecule has 1 aromatic carbocycles. The molecule has 2 N–H and O–H groups in total. The molecular formula is C18H15Cl2F2N3O. The van der Waals surface area contributed by atoms with Gasteiger partial charge in [-0.15, -0.1) is 0 Å². The lowest BCUT2D eigenvalue weighted by atomic mass is 9.86. The molecule has 1 amide bonds. The van der Waals surface area contributed by atoms with Crippen molar-refractivity contribution in [2.75, 3.05) is 0 Å². The fourth-order valence-corrected chi connectivity index (χ4v) is 5.03. The van der Waals surface area contributed by atoms with E-state index in [-0.39, 0.29) is 21.9 Å². The summed E-state index contributed by atoms with van der Waals surface area (Å²) >= 11 is 12.2. The van der Waals surface area contributed by atoms with Gasteiger partial charge in [0, 0.05) is 24.4 Å². The summed E-state index contributed by atoms with van der Waals surface area (Å²) in [6.07, 6.45) is -1.08. The number of hydrogen-bond donors (Lipinski definition) is 1. The number of aromatic nitrogens is 2. The molecule has 136 valence electrons. The van der Waals surface area contributed by atoms with E-state index in [4.69, 9.17) is 28.9 Å². The van der Waals surface area contributed by atoms with Crippen LogP contribution in [0.3, 0.4) is 0 Å². The Balaban J connectivity index is 2.00. The van der Waals surface area contributed by atoms with Crippen LogP contribution < -0.4 is 5.73 Å². The largest absolute Gasteiger partial charge is 0.365 e. The Morgan fingerprint density at radius 2 is 2.00 bits per heavy atom. The van der Waals surface area contributed by atoms with E-state index in [1.165, 1.54) is 11.7 Å². The number of carbonyl (C=O) groups excluding carboxylic acids is 1. The first kappa shape index (κ1) is 17.5. The number of rotatable bonds is 3. The quantitative estimate of drug-likeness (QED) is 0.809. The summed E-state index contributed by atoms with van der Waals surface area (Å²) in [6, 6.07) is 5.64. The number of amides is 1. The van der Waals surface area contributed by atoms with Crippen LogP contribution in [0.25, 0.3) is 11.3 Å². The predicted molar refractivity (Wildman–Crippen MR) is 95.6 cm³/mol. The molecule has 26 heavy (non-hydrogen) atoms. The molecule has 8 heteroatoms. The van der Waals surface area contributed by atoms with Crippen LogP contribution in [0.5, 0.6) is 0 Å². The second kappa shape index (κ2) is 6.06. The van der Waals surface area contributed by atoms with Crippen molar-refractivity contribution in [2.45, 2.75) is 31.1 Å². The minimum absolute atomic E-state index is 0.0156. The monoisotopic (exact) mass is 397 g/mol. The van der Waals surface area contributed by atoms with Crippen LogP contribution in [0.15, 0.2) is 28.3 Å². The number of halogens is 4. The summed E-state index contributed by atoms with van der Waals surface area (Å²) in [7, 11) is 1.53. The first-order valence-electron chi connectivity index (χ1n) is 8.16. The zero-order chi connectivity index (χ0) is 18.7. The Morgan fingerprint density at radius 3 is 2.62 bits per heavy atom. The number of aryl methyl sites for hydroxylation is 1. The van der Waals surface area contributed by atoms with Crippen LogP contribution in [-0.4, -0.2) is 15.7 Å². The van der Waals surface area contributed by atoms with E-state index in [1.807, 2.05) is 12.1 Å². The Labute approximate surface area is 158 Å². The number of nitrogens with zero attached hydrogens (tertiary/aromatic N) is 2. The first-order valence-corrected chi connectivity index (χ1v) is 8.91. The van der Waals surface area contributed by atoms with Gasteiger partial charge in [0.25, 0.3) is 12.3 Å². The van der Waals surface area contributed by atoms with Crippen LogP contribution in [0, 0.1) is 0 Å². The van der Waals surface area contributed by atoms with E-state index >= 15 is 0 Å². The molecule has 0 spiro atoms. The van der Waals surface area contributed by atoms with E-state index in [1.54, 1.807) is 6.07 Å². The maximum Gasteiger partial charge on any atom is 0.282 e. The van der Waals surface area contributed by atoms with Gasteiger partial charge in [0.1, 0.15) is 10.2 Å². The van der Waals surface area contributed by atoms with Gasteiger partial charge >= 0.3 is 0 Å². The topological polar surface area (TPSA) is 60.9 Å². The van der Waals surface area contributed by atoms with Gasteiger partial charge in [-0.05, 0) is 29.5 Å². The van der Waals surface area contributed by atoms with Gasteiger partial charge < -0.3 is 5.73 Å². The number of primary amides is 1. The lowest BCUT2D eigenvalue weighted by Gasteiger charge is -2.19. The van der Waals surface area contributed by atoms with Crippen molar-refractivity contribution in [3.63, 3.8) is 0 Å². The van der Waals surface area contributed by atoms with Gasteiger partial charge in [0.2, 0.25) is 0 Å². The predicted octanol–water partition coefficient (Wildman–Crippen LogP) is 4.79. The van der Waals surface area contributed by atoms with E-state index in [2.05, 4.69) is 5.10 Å². The lowest BCUT2D eigenvalue weighted by molar-refractivity contribution is 0.0985. The average Bonchev–Trinajstić information content (AvgIpc) is 3.23. The number of allylic oxidation sites excluding steroid dienone is 1. The second-order valence-corrected chi connectivity index (χ2v) is 7.55. The zero-order valence-electron chi connectivity index (χ0n) is 13.8. The van der Waals surface area contributed by atoms with Crippen LogP contribution in [0.2, 0.25) is 0 Å². The fourth-order valence-electron chi connectivity index (χ4n) is 4.51. The molecular weight excluding hydrogens is 383 g/mol. The van der Waals surface area contributed by atoms with Crippen molar-refractivity contribution < 1.29 is 13.6 Å². The summed E-state index contributed by atoms with van der Waals surface area (Å²) in [6.45, 7) is 0. The first-order chi connectivity index (χ1) is 12.3. The summed E-state index contributed by atoms with van der Waals surface area (Å²) in [5.41, 5.74) is 8.59. The van der Waals surface area contributed by atoms with Gasteiger partial charge in [0.05, 0.1) is 11.3 Å². The van der Waals surface area contributed by atoms with Gasteiger partial charge in [-0.1, -0.05) is 41.4 Å². The van der Waals surface area contributed by atoms with Gasteiger partial charge in [0.15, 0.2) is 0 Å². The molecule has 2 aliphatic rings. The number of hydrogen-bond acceptors (Lipinski definition) is 2. The van der Waals surface area contributed by atoms with E-state index < -0.39 is 18.0 Å². The van der Waals surface area contributed by atoms with Crippen molar-refractivity contribution in [3.8, 4) is 11.3 Å². The van der Waals surface area contributed by atoms with Crippen molar-refractivity contribution in [3.05, 3.63) is 50.6 Å². The third-order valence-corrected chi connectivity index (χ3v) is 5.80. The molecule has 2 bridgehead atoms. The fraction of sp³-hybridized carbons (Fsp3) is 0.333. The standard InChI is InChI=1S/C18H15Cl2F2N3O/c1-25-15(13(18(23)26)14(24-25)17(21)22)10-4-2-3-7-8-5-6-9(11(7)10)12(8)16(19)20/h2-4,8-9,17H,5-6H2,1H3,(H2,23,26)/t8-,9+/m0/s1. The SMILES string of the molecule is Cn1nc(C(F)F)c(C(N)=O)c1-c1cccc2c1[C@H]1CC[C@@H]2C1=C(Cl)Cl. The third kappa shape index (κ3) is 2.32. The molecule has 1 saturated carbocycles. The summed E-state index contributed by atoms with van der Waals surface area (Å²) in [5.74, 6) is -0.781. The van der Waals surface area contributed by atoms with Crippen LogP contribution in [0.1, 0.15) is 58.3 Å². The molecule has 1 aromatic heterocycles. The molecule has 4 nitrogen and oxygen atoms in total. The molecule has 2 aliphatic carbocycles. The normalized spacial score (nSPS) is 20.8. The molecule has 0 saturated heterocycles. The highest BCUT2D eigenvalue weighted by atomic mass is 35.5. The van der Waals surface area contributed by atoms with Crippen molar-refractivity contribution >= 4 is 29.1 Å². The molecule has 4 rings (SSSR count). The van der Waals surface area contributed by atoms with Crippen LogP contribution in [-0.2, 0) is 7.05 Å². The number of nitrogens with two attached hydrogens (primary N) is 1. The van der Waals surface area contributed by atoms with Gasteiger partial charge in [-0.3, -0.25) is 9.48 Å². The zero-order valence-corrected chi connectivity index (χ0v) is 15.3. The molecule has 2 atom stereocenters. The minimum Gasteiger partial charge on any atom is -0.365 e. The maximum atomic E-state index is 13.4. The van der Waals surface area contributed by atoms with E-state index in [9.17, 15) is 13.6 Å². The van der Waals surface area contributed by atoms with Crippen LogP contribution in [0.4, 0.5) is 8.78 Å². The molecule has 0 unspecified atom stereocenters. The van der Waals surface area contributed by atoms with E-state index in [0.717, 1.165) is 29.5 Å². The number of alkyl halides is 2. The number of fused-ring (bicyclic) bond motifs is 5.